The molecule has 1 unspecified atom stereocenters. The first-order valence-corrected chi connectivity index (χ1v) is 10.1. The number of carbonyl (C=O) groups is 2. The van der Waals surface area contributed by atoms with E-state index < -0.39 is 22.7 Å². The molecule has 0 aliphatic carbocycles. The first-order chi connectivity index (χ1) is 14.2. The number of nitrogens with zero attached hydrogens (tertiary/aromatic N) is 2. The van der Waals surface area contributed by atoms with Crippen molar-refractivity contribution in [3.8, 4) is 0 Å². The number of carbonyl (C=O) groups excluding carboxylic acids is 1. The van der Waals surface area contributed by atoms with E-state index in [0.29, 0.717) is 16.3 Å². The molecule has 0 fully saturated rings. The van der Waals surface area contributed by atoms with E-state index in [9.17, 15) is 9.59 Å². The van der Waals surface area contributed by atoms with E-state index in [1.54, 1.807) is 41.1 Å². The van der Waals surface area contributed by atoms with Gasteiger partial charge in [-0.1, -0.05) is 53.5 Å². The van der Waals surface area contributed by atoms with Crippen LogP contribution in [0.25, 0.3) is 0 Å². The number of carboxylic acids is 1. The minimum absolute atomic E-state index is 0.0473. The van der Waals surface area contributed by atoms with Crippen LogP contribution in [0.4, 0.5) is 0 Å². The predicted octanol–water partition coefficient (Wildman–Crippen LogP) is 4.16. The lowest BCUT2D eigenvalue weighted by atomic mass is 9.89. The van der Waals surface area contributed by atoms with Gasteiger partial charge in [0.15, 0.2) is 10.7 Å². The lowest BCUT2D eigenvalue weighted by molar-refractivity contribution is -0.138. The van der Waals surface area contributed by atoms with Crippen molar-refractivity contribution in [2.75, 3.05) is 0 Å². The number of hydrogen-bond donors (Lipinski definition) is 2. The second kappa shape index (κ2) is 9.18. The maximum atomic E-state index is 13.5. The molecule has 2 atom stereocenters. The highest BCUT2D eigenvalue weighted by atomic mass is 35.5. The summed E-state index contributed by atoms with van der Waals surface area (Å²) in [7, 11) is 0. The van der Waals surface area contributed by atoms with E-state index in [1.807, 2.05) is 6.07 Å². The third-order valence-electron chi connectivity index (χ3n) is 4.60. The van der Waals surface area contributed by atoms with Crippen molar-refractivity contribution in [3.63, 3.8) is 0 Å². The third-order valence-corrected chi connectivity index (χ3v) is 5.66. The molecule has 9 heteroatoms. The van der Waals surface area contributed by atoms with Crippen LogP contribution < -0.4 is 5.73 Å². The van der Waals surface area contributed by atoms with Crippen molar-refractivity contribution in [1.29, 1.82) is 0 Å². The fraction of sp³-hybridized carbons (Fsp3) is 0.190. The Kier molecular flexibility index (Phi) is 6.83. The Morgan fingerprint density at radius 2 is 1.87 bits per heavy atom. The van der Waals surface area contributed by atoms with Crippen LogP contribution in [0.15, 0.2) is 61.1 Å². The molecule has 0 bridgehead atoms. The molecule has 3 N–H and O–H groups in total. The van der Waals surface area contributed by atoms with Gasteiger partial charge in [0.2, 0.25) is 0 Å². The van der Waals surface area contributed by atoms with E-state index in [0.717, 1.165) is 0 Å². The highest BCUT2D eigenvalue weighted by Crippen LogP contribution is 2.37. The number of ketones is 1. The molecule has 0 radical (unpaired) electrons. The predicted molar refractivity (Wildman–Crippen MR) is 116 cm³/mol. The van der Waals surface area contributed by atoms with Crippen molar-refractivity contribution in [3.05, 3.63) is 87.9 Å². The van der Waals surface area contributed by atoms with Gasteiger partial charge >= 0.3 is 5.97 Å². The topological polar surface area (TPSA) is 98.2 Å². The number of carboxylic acid groups (broad SMARTS) is 1. The van der Waals surface area contributed by atoms with E-state index in [4.69, 9.17) is 45.6 Å². The standard InChI is InChI=1S/C21H18Cl3N3O3/c22-14-6-7-16(17(23)8-14)19(28)21(24,13-4-2-1-3-5-13)11-27-10-15(26-12-27)9-18(25)20(29)30/h1-8,10,12,18H,9,11,25H2,(H,29,30)/t18-,21?/m0/s1. The summed E-state index contributed by atoms with van der Waals surface area (Å²) in [5.74, 6) is -1.51. The van der Waals surface area contributed by atoms with Crippen molar-refractivity contribution >= 4 is 46.6 Å². The Balaban J connectivity index is 1.97. The highest BCUT2D eigenvalue weighted by molar-refractivity contribution is 6.42. The largest absolute Gasteiger partial charge is 0.480 e. The molecule has 30 heavy (non-hydrogen) atoms. The second-order valence-corrected chi connectivity index (χ2v) is 8.30. The second-order valence-electron chi connectivity index (χ2n) is 6.81. The number of nitrogens with two attached hydrogens (primary N) is 1. The van der Waals surface area contributed by atoms with Gasteiger partial charge in [-0.05, 0) is 23.8 Å². The zero-order chi connectivity index (χ0) is 21.9. The summed E-state index contributed by atoms with van der Waals surface area (Å²) in [6.45, 7) is 0.0473. The van der Waals surface area contributed by atoms with Crippen LogP contribution >= 0.6 is 34.8 Å². The lowest BCUT2D eigenvalue weighted by Gasteiger charge is -2.27. The van der Waals surface area contributed by atoms with Crippen LogP contribution in [0.2, 0.25) is 10.0 Å². The van der Waals surface area contributed by atoms with E-state index in [-0.39, 0.29) is 23.6 Å². The fourth-order valence-corrected chi connectivity index (χ4v) is 3.91. The van der Waals surface area contributed by atoms with Gasteiger partial charge in [0.05, 0.1) is 23.6 Å². The number of benzene rings is 2. The van der Waals surface area contributed by atoms with Gasteiger partial charge in [-0.3, -0.25) is 9.59 Å². The average Bonchev–Trinajstić information content (AvgIpc) is 3.14. The zero-order valence-corrected chi connectivity index (χ0v) is 17.9. The van der Waals surface area contributed by atoms with Crippen molar-refractivity contribution in [2.45, 2.75) is 23.9 Å². The van der Waals surface area contributed by atoms with Gasteiger partial charge < -0.3 is 15.4 Å². The monoisotopic (exact) mass is 465 g/mol. The van der Waals surface area contributed by atoms with Crippen LogP contribution in [0.1, 0.15) is 21.6 Å². The molecule has 0 saturated heterocycles. The maximum absolute atomic E-state index is 13.5. The molecule has 0 aliphatic heterocycles. The first kappa shape index (κ1) is 22.3. The molecule has 1 aromatic heterocycles. The summed E-state index contributed by atoms with van der Waals surface area (Å²) in [6.07, 6.45) is 3.17. The number of aliphatic carboxylic acids is 1. The van der Waals surface area contributed by atoms with Crippen LogP contribution in [0.3, 0.4) is 0 Å². The quantitative estimate of drug-likeness (QED) is 0.384. The lowest BCUT2D eigenvalue weighted by Crippen LogP contribution is -2.35. The summed E-state index contributed by atoms with van der Waals surface area (Å²) < 4.78 is 1.63. The van der Waals surface area contributed by atoms with E-state index >= 15 is 0 Å². The molecule has 6 nitrogen and oxygen atoms in total. The first-order valence-electron chi connectivity index (χ1n) is 8.94. The Hall–Kier alpha value is -2.38. The molecule has 1 heterocycles. The van der Waals surface area contributed by atoms with Crippen LogP contribution in [0.5, 0.6) is 0 Å². The number of aromatic nitrogens is 2. The normalized spacial score (nSPS) is 14.1. The molecule has 2 aromatic carbocycles. The molecule has 0 saturated carbocycles. The van der Waals surface area contributed by atoms with Crippen LogP contribution in [-0.4, -0.2) is 32.5 Å². The third kappa shape index (κ3) is 4.84. The Morgan fingerprint density at radius 1 is 1.17 bits per heavy atom. The highest BCUT2D eigenvalue weighted by Gasteiger charge is 2.40. The number of rotatable bonds is 8. The Bertz CT molecular complexity index is 1070. The van der Waals surface area contributed by atoms with E-state index in [2.05, 4.69) is 4.98 Å². The minimum Gasteiger partial charge on any atom is -0.480 e. The summed E-state index contributed by atoms with van der Waals surface area (Å²) in [4.78, 5) is 27.2. The molecular weight excluding hydrogens is 449 g/mol. The maximum Gasteiger partial charge on any atom is 0.320 e. The molecular formula is C21H18Cl3N3O3. The van der Waals surface area contributed by atoms with Gasteiger partial charge in [0, 0.05) is 23.2 Å². The molecule has 0 spiro atoms. The van der Waals surface area contributed by atoms with Crippen molar-refractivity contribution in [2.24, 2.45) is 5.73 Å². The van der Waals surface area contributed by atoms with Crippen molar-refractivity contribution in [1.82, 2.24) is 9.55 Å². The minimum atomic E-state index is -1.48. The molecule has 3 rings (SSSR count). The number of halogens is 3. The molecule has 3 aromatic rings. The summed E-state index contributed by atoms with van der Waals surface area (Å²) in [5, 5.41) is 9.59. The van der Waals surface area contributed by atoms with E-state index in [1.165, 1.54) is 18.5 Å². The summed E-state index contributed by atoms with van der Waals surface area (Å²) >= 11 is 19.2. The summed E-state index contributed by atoms with van der Waals surface area (Å²) in [6, 6.07) is 12.4. The Morgan fingerprint density at radius 3 is 2.50 bits per heavy atom. The Labute approximate surface area is 188 Å². The van der Waals surface area contributed by atoms with Crippen molar-refractivity contribution < 1.29 is 14.7 Å². The molecule has 156 valence electrons. The van der Waals surface area contributed by atoms with Gasteiger partial charge in [0.1, 0.15) is 6.04 Å². The zero-order valence-electron chi connectivity index (χ0n) is 15.6. The number of hydrogen-bond acceptors (Lipinski definition) is 4. The van der Waals surface area contributed by atoms with Gasteiger partial charge in [0.25, 0.3) is 0 Å². The average molecular weight is 467 g/mol. The molecule has 0 amide bonds. The van der Waals surface area contributed by atoms with Gasteiger partial charge in [-0.25, -0.2) is 4.98 Å². The SMILES string of the molecule is N[C@@H](Cc1cn(CC(Cl)(C(=O)c2ccc(Cl)cc2Cl)c2ccccc2)cn1)C(=O)O. The van der Waals surface area contributed by atoms with Crippen LogP contribution in [0, 0.1) is 0 Å². The van der Waals surface area contributed by atoms with Crippen LogP contribution in [-0.2, 0) is 22.6 Å². The van der Waals surface area contributed by atoms with Gasteiger partial charge in [-0.2, -0.15) is 0 Å². The number of Topliss-reactive ketones (excluding diaryl/α,β-unsaturated/α-hetero) is 1. The fourth-order valence-electron chi connectivity index (χ4n) is 3.05. The number of alkyl halides is 1. The summed E-state index contributed by atoms with van der Waals surface area (Å²) in [5.41, 5.74) is 6.88. The van der Waals surface area contributed by atoms with Gasteiger partial charge in [-0.15, -0.1) is 11.6 Å². The molecule has 0 aliphatic rings. The smallest absolute Gasteiger partial charge is 0.320 e. The number of imidazole rings is 1.